The molecular weight excluding hydrogens is 744 g/mol. The molecule has 0 saturated carbocycles. The van der Waals surface area contributed by atoms with Gasteiger partial charge in [-0.1, -0.05) is 36.4 Å². The number of pyridine rings is 2. The van der Waals surface area contributed by atoms with Crippen LogP contribution in [0, 0.1) is 0 Å². The van der Waals surface area contributed by atoms with Crippen molar-refractivity contribution in [3.8, 4) is 34.6 Å². The van der Waals surface area contributed by atoms with E-state index in [4.69, 9.17) is 29.2 Å². The summed E-state index contributed by atoms with van der Waals surface area (Å²) >= 11 is 7.30. The standard InChI is InChI=1S/C36H40Br2N4O6/c1-45-33-21(19-39-13-15-43)17-29(37)35(41-33)47-31-11-9-25-23(5-3-7-27(25)31)24-6-4-8-28-26(24)10-12-32(28)48-36-30(38)18-22(20-40-14-16-44)34(42-36)46-2/h3-8,17-18,31-32,39-40,43-44H,9-16,19-20H2,1-2H3/t31-,32-/m0/s1. The maximum atomic E-state index is 9.11. The molecule has 6 rings (SSSR count). The maximum absolute atomic E-state index is 9.11. The Balaban J connectivity index is 1.23. The molecule has 0 saturated heterocycles. The Morgan fingerprint density at radius 3 is 1.52 bits per heavy atom. The highest BCUT2D eigenvalue weighted by Crippen LogP contribution is 2.46. The van der Waals surface area contributed by atoms with Crippen molar-refractivity contribution in [2.24, 2.45) is 0 Å². The molecule has 12 heteroatoms. The van der Waals surface area contributed by atoms with E-state index in [9.17, 15) is 0 Å². The van der Waals surface area contributed by atoms with Crippen molar-refractivity contribution in [2.45, 2.75) is 51.0 Å². The summed E-state index contributed by atoms with van der Waals surface area (Å²) in [6.45, 7) is 2.15. The predicted octanol–water partition coefficient (Wildman–Crippen LogP) is 5.98. The van der Waals surface area contributed by atoms with Gasteiger partial charge in [0.25, 0.3) is 0 Å². The fourth-order valence-corrected chi connectivity index (χ4v) is 7.53. The van der Waals surface area contributed by atoms with Gasteiger partial charge in [-0.2, -0.15) is 9.97 Å². The van der Waals surface area contributed by atoms with Gasteiger partial charge in [0.15, 0.2) is 0 Å². The number of hydrogen-bond donors (Lipinski definition) is 4. The van der Waals surface area contributed by atoms with Crippen LogP contribution in [0.1, 0.15) is 58.4 Å². The zero-order chi connectivity index (χ0) is 33.6. The van der Waals surface area contributed by atoms with Crippen molar-refractivity contribution in [3.63, 3.8) is 0 Å². The number of aromatic nitrogens is 2. The van der Waals surface area contributed by atoms with E-state index in [1.807, 2.05) is 12.1 Å². The van der Waals surface area contributed by atoms with E-state index in [2.05, 4.69) is 88.9 Å². The number of nitrogens with one attached hydrogen (secondary N) is 2. The minimum Gasteiger partial charge on any atom is -0.481 e. The fourth-order valence-electron chi connectivity index (χ4n) is 6.62. The van der Waals surface area contributed by atoms with Crippen LogP contribution < -0.4 is 29.6 Å². The maximum Gasteiger partial charge on any atom is 0.231 e. The Labute approximate surface area is 297 Å². The lowest BCUT2D eigenvalue weighted by atomic mass is 9.91. The summed E-state index contributed by atoms with van der Waals surface area (Å²) in [6.07, 6.45) is 3.20. The summed E-state index contributed by atoms with van der Waals surface area (Å²) in [5.74, 6) is 1.97. The molecule has 0 fully saturated rings. The molecular formula is C36H40Br2N4O6. The number of benzene rings is 2. The molecule has 2 atom stereocenters. The third-order valence-electron chi connectivity index (χ3n) is 8.79. The van der Waals surface area contributed by atoms with Gasteiger partial charge in [0, 0.05) is 37.3 Å². The molecule has 10 nitrogen and oxygen atoms in total. The molecule has 2 heterocycles. The Morgan fingerprint density at radius 1 is 0.688 bits per heavy atom. The number of aliphatic hydroxyl groups excluding tert-OH is 2. The summed E-state index contributed by atoms with van der Waals surface area (Å²) in [5, 5.41) is 24.6. The van der Waals surface area contributed by atoms with Crippen LogP contribution in [-0.2, 0) is 25.9 Å². The van der Waals surface area contributed by atoms with Crippen LogP contribution in [0.4, 0.5) is 0 Å². The van der Waals surface area contributed by atoms with Gasteiger partial charge in [-0.25, -0.2) is 0 Å². The molecule has 2 aromatic carbocycles. The second kappa shape index (κ2) is 16.0. The Kier molecular flexibility index (Phi) is 11.5. The van der Waals surface area contributed by atoms with E-state index < -0.39 is 0 Å². The molecule has 0 unspecified atom stereocenters. The number of halogens is 2. The van der Waals surface area contributed by atoms with Crippen molar-refractivity contribution < 1.29 is 29.2 Å². The topological polar surface area (TPSA) is 127 Å². The lowest BCUT2D eigenvalue weighted by Gasteiger charge is -2.19. The van der Waals surface area contributed by atoms with E-state index in [0.29, 0.717) is 49.7 Å². The van der Waals surface area contributed by atoms with Crippen LogP contribution in [0.2, 0.25) is 0 Å². The van der Waals surface area contributed by atoms with Crippen LogP contribution in [0.25, 0.3) is 11.1 Å². The molecule has 0 radical (unpaired) electrons. The highest BCUT2D eigenvalue weighted by atomic mass is 79.9. The van der Waals surface area contributed by atoms with Crippen molar-refractivity contribution in [3.05, 3.63) is 90.9 Å². The third kappa shape index (κ3) is 7.34. The molecule has 4 aromatic rings. The minimum atomic E-state index is -0.139. The lowest BCUT2D eigenvalue weighted by molar-refractivity contribution is 0.194. The highest BCUT2D eigenvalue weighted by molar-refractivity contribution is 9.10. The summed E-state index contributed by atoms with van der Waals surface area (Å²) in [4.78, 5) is 9.36. The van der Waals surface area contributed by atoms with Gasteiger partial charge < -0.3 is 39.8 Å². The normalized spacial score (nSPS) is 16.5. The van der Waals surface area contributed by atoms with Crippen molar-refractivity contribution in [1.82, 2.24) is 20.6 Å². The molecule has 254 valence electrons. The average molecular weight is 785 g/mol. The SMILES string of the molecule is COc1nc(O[C@H]2CCc3c(-c4cccc5c4CC[C@@H]5Oc4nc(OC)c(CNCCO)cc4Br)cccc32)c(Br)cc1CNCCO. The summed E-state index contributed by atoms with van der Waals surface area (Å²) in [6, 6.07) is 16.9. The largest absolute Gasteiger partial charge is 0.481 e. The van der Waals surface area contributed by atoms with Crippen LogP contribution in [0.15, 0.2) is 57.5 Å². The molecule has 48 heavy (non-hydrogen) atoms. The van der Waals surface area contributed by atoms with E-state index >= 15 is 0 Å². The molecule has 2 aromatic heterocycles. The first kappa shape index (κ1) is 34.6. The minimum absolute atomic E-state index is 0.0623. The highest BCUT2D eigenvalue weighted by Gasteiger charge is 2.32. The monoisotopic (exact) mass is 782 g/mol. The van der Waals surface area contributed by atoms with Crippen LogP contribution >= 0.6 is 31.9 Å². The average Bonchev–Trinajstić information content (AvgIpc) is 3.71. The van der Waals surface area contributed by atoms with Crippen molar-refractivity contribution in [2.75, 3.05) is 40.5 Å². The Bertz CT molecular complexity index is 1630. The number of fused-ring (bicyclic) bond motifs is 2. The summed E-state index contributed by atoms with van der Waals surface area (Å²) < 4.78 is 25.7. The number of hydrogen-bond acceptors (Lipinski definition) is 10. The number of ether oxygens (including phenoxy) is 4. The van der Waals surface area contributed by atoms with Gasteiger partial charge in [-0.05, 0) is 103 Å². The lowest BCUT2D eigenvalue weighted by Crippen LogP contribution is -2.18. The smallest absolute Gasteiger partial charge is 0.231 e. The predicted molar refractivity (Wildman–Crippen MR) is 190 cm³/mol. The third-order valence-corrected chi connectivity index (χ3v) is 9.93. The molecule has 0 amide bonds. The van der Waals surface area contributed by atoms with E-state index in [1.165, 1.54) is 33.4 Å². The fraction of sp³-hybridized carbons (Fsp3) is 0.389. The van der Waals surface area contributed by atoms with Gasteiger partial charge in [-0.15, -0.1) is 0 Å². The quantitative estimate of drug-likeness (QED) is 0.107. The van der Waals surface area contributed by atoms with E-state index in [0.717, 1.165) is 45.8 Å². The Hall–Kier alpha value is -3.26. The molecule has 0 spiro atoms. The second-order valence-electron chi connectivity index (χ2n) is 11.7. The van der Waals surface area contributed by atoms with Crippen LogP contribution in [0.5, 0.6) is 23.5 Å². The number of nitrogens with zero attached hydrogens (tertiary/aromatic N) is 2. The van der Waals surface area contributed by atoms with Crippen LogP contribution in [-0.4, -0.2) is 60.7 Å². The van der Waals surface area contributed by atoms with Crippen LogP contribution in [0.3, 0.4) is 0 Å². The molecule has 4 N–H and O–H groups in total. The van der Waals surface area contributed by atoms with Gasteiger partial charge in [-0.3, -0.25) is 0 Å². The molecule has 2 aliphatic carbocycles. The van der Waals surface area contributed by atoms with E-state index in [-0.39, 0.29) is 25.4 Å². The van der Waals surface area contributed by atoms with Crippen molar-refractivity contribution >= 4 is 31.9 Å². The van der Waals surface area contributed by atoms with Gasteiger partial charge in [0.05, 0.1) is 36.4 Å². The number of rotatable bonds is 15. The number of aliphatic hydroxyl groups is 2. The second-order valence-corrected chi connectivity index (χ2v) is 13.4. The molecule has 0 aliphatic heterocycles. The molecule has 0 bridgehead atoms. The van der Waals surface area contributed by atoms with Crippen molar-refractivity contribution in [1.29, 1.82) is 0 Å². The first-order valence-electron chi connectivity index (χ1n) is 16.1. The summed E-state index contributed by atoms with van der Waals surface area (Å²) in [7, 11) is 3.20. The van der Waals surface area contributed by atoms with Gasteiger partial charge in [0.1, 0.15) is 12.2 Å². The first-order valence-corrected chi connectivity index (χ1v) is 17.7. The Morgan fingerprint density at radius 2 is 1.12 bits per heavy atom. The van der Waals surface area contributed by atoms with Gasteiger partial charge in [0.2, 0.25) is 23.5 Å². The molecule has 2 aliphatic rings. The number of methoxy groups -OCH3 is 2. The summed E-state index contributed by atoms with van der Waals surface area (Å²) in [5.41, 5.74) is 9.16. The zero-order valence-corrected chi connectivity index (χ0v) is 30.2. The van der Waals surface area contributed by atoms with E-state index in [1.54, 1.807) is 14.2 Å². The zero-order valence-electron chi connectivity index (χ0n) is 27.0. The first-order chi connectivity index (χ1) is 23.4. The van der Waals surface area contributed by atoms with Gasteiger partial charge >= 0.3 is 0 Å².